The van der Waals surface area contributed by atoms with E-state index in [4.69, 9.17) is 4.52 Å². The Kier molecular flexibility index (Phi) is 7.36. The van der Waals surface area contributed by atoms with Gasteiger partial charge in [-0.05, 0) is 61.2 Å². The fraction of sp³-hybridized carbons (Fsp3) is 0.407. The number of benzene rings is 2. The number of amides is 2. The van der Waals surface area contributed by atoms with Crippen LogP contribution in [0, 0.1) is 11.7 Å². The normalized spacial score (nSPS) is 18.5. The van der Waals surface area contributed by atoms with Crippen LogP contribution in [0.5, 0.6) is 0 Å². The van der Waals surface area contributed by atoms with Crippen LogP contribution in [0.1, 0.15) is 42.7 Å². The number of hydrogen-bond acceptors (Lipinski definition) is 6. The molecule has 0 radical (unpaired) electrons. The number of aromatic nitrogens is 2. The Hall–Kier alpha value is -3.59. The van der Waals surface area contributed by atoms with Crippen molar-refractivity contribution in [3.8, 4) is 11.4 Å². The number of rotatable bonds is 8. The van der Waals surface area contributed by atoms with Crippen LogP contribution in [0.15, 0.2) is 53.1 Å². The van der Waals surface area contributed by atoms with Gasteiger partial charge in [-0.3, -0.25) is 14.5 Å². The van der Waals surface area contributed by atoms with Crippen molar-refractivity contribution in [2.45, 2.75) is 45.3 Å². The lowest BCUT2D eigenvalue weighted by atomic mass is 9.97. The quantitative estimate of drug-likeness (QED) is 0.519. The summed E-state index contributed by atoms with van der Waals surface area (Å²) in [6.07, 6.45) is 3.27. The summed E-state index contributed by atoms with van der Waals surface area (Å²) in [5.41, 5.74) is 2.81. The number of halogens is 1. The lowest BCUT2D eigenvalue weighted by Crippen LogP contribution is -2.42. The Morgan fingerprint density at radius 1 is 1.06 bits per heavy atom. The first-order chi connectivity index (χ1) is 17.5. The summed E-state index contributed by atoms with van der Waals surface area (Å²) in [6.45, 7) is 3.76. The molecule has 0 spiro atoms. The van der Waals surface area contributed by atoms with E-state index in [2.05, 4.69) is 20.4 Å². The van der Waals surface area contributed by atoms with Crippen LogP contribution in [-0.4, -0.2) is 51.4 Å². The van der Waals surface area contributed by atoms with E-state index in [1.165, 1.54) is 12.1 Å². The highest BCUT2D eigenvalue weighted by Crippen LogP contribution is 2.22. The average Bonchev–Trinajstić information content (AvgIpc) is 3.53. The molecular formula is C27H30FN5O3. The fourth-order valence-electron chi connectivity index (χ4n) is 4.93. The number of likely N-dealkylation sites (tertiary alicyclic amines) is 2. The van der Waals surface area contributed by atoms with Crippen LogP contribution < -0.4 is 5.32 Å². The number of nitrogens with one attached hydrogen (secondary N) is 1. The van der Waals surface area contributed by atoms with Crippen molar-refractivity contribution in [2.75, 3.05) is 19.6 Å². The monoisotopic (exact) mass is 491 g/mol. The third-order valence-electron chi connectivity index (χ3n) is 6.91. The van der Waals surface area contributed by atoms with Crippen molar-refractivity contribution in [2.24, 2.45) is 5.92 Å². The number of carbonyl (C=O) groups is 2. The summed E-state index contributed by atoms with van der Waals surface area (Å²) in [6, 6.07) is 13.9. The molecule has 2 amide bonds. The molecule has 1 N–H and O–H groups in total. The molecule has 1 aromatic heterocycles. The van der Waals surface area contributed by atoms with Crippen LogP contribution in [0.25, 0.3) is 11.4 Å². The van der Waals surface area contributed by atoms with Gasteiger partial charge in [-0.1, -0.05) is 29.4 Å². The SMILES string of the molecule is O=C(NCc1ccccc1CN1CCCC1=O)C1CCCN(Cc2nc(-c3ccc(F)cc3)no2)C1. The number of hydrogen-bond donors (Lipinski definition) is 1. The summed E-state index contributed by atoms with van der Waals surface area (Å²) in [5, 5.41) is 7.12. The third-order valence-corrected chi connectivity index (χ3v) is 6.91. The lowest BCUT2D eigenvalue weighted by molar-refractivity contribution is -0.128. The van der Waals surface area contributed by atoms with Gasteiger partial charge in [0.25, 0.3) is 0 Å². The number of carbonyl (C=O) groups excluding carboxylic acids is 2. The highest BCUT2D eigenvalue weighted by Gasteiger charge is 2.27. The topological polar surface area (TPSA) is 91.6 Å². The molecule has 36 heavy (non-hydrogen) atoms. The van der Waals surface area contributed by atoms with Gasteiger partial charge >= 0.3 is 0 Å². The van der Waals surface area contributed by atoms with E-state index in [0.717, 1.165) is 43.5 Å². The first kappa shape index (κ1) is 24.1. The van der Waals surface area contributed by atoms with E-state index < -0.39 is 0 Å². The average molecular weight is 492 g/mol. The minimum Gasteiger partial charge on any atom is -0.352 e. The summed E-state index contributed by atoms with van der Waals surface area (Å²) in [7, 11) is 0. The molecule has 2 aliphatic heterocycles. The molecule has 3 heterocycles. The first-order valence-electron chi connectivity index (χ1n) is 12.5. The van der Waals surface area contributed by atoms with Crippen LogP contribution in [0.4, 0.5) is 4.39 Å². The second-order valence-electron chi connectivity index (χ2n) is 9.50. The maximum atomic E-state index is 13.2. The van der Waals surface area contributed by atoms with Gasteiger partial charge in [0, 0.05) is 38.2 Å². The summed E-state index contributed by atoms with van der Waals surface area (Å²) >= 11 is 0. The second kappa shape index (κ2) is 11.0. The van der Waals surface area contributed by atoms with Gasteiger partial charge in [0.05, 0.1) is 12.5 Å². The molecule has 2 aliphatic rings. The Bertz CT molecular complexity index is 1210. The molecule has 9 heteroatoms. The van der Waals surface area contributed by atoms with Crippen molar-refractivity contribution in [1.29, 1.82) is 0 Å². The largest absolute Gasteiger partial charge is 0.352 e. The van der Waals surface area contributed by atoms with Gasteiger partial charge in [0.1, 0.15) is 5.82 Å². The highest BCUT2D eigenvalue weighted by atomic mass is 19.1. The van der Waals surface area contributed by atoms with Crippen molar-refractivity contribution in [1.82, 2.24) is 25.3 Å². The summed E-state index contributed by atoms with van der Waals surface area (Å²) in [4.78, 5) is 33.5. The zero-order chi connectivity index (χ0) is 24.9. The Labute approximate surface area is 209 Å². The molecule has 2 saturated heterocycles. The van der Waals surface area contributed by atoms with Gasteiger partial charge in [0.15, 0.2) is 0 Å². The molecule has 188 valence electrons. The number of nitrogens with zero attached hydrogens (tertiary/aromatic N) is 4. The van der Waals surface area contributed by atoms with Crippen LogP contribution in [-0.2, 0) is 29.2 Å². The predicted molar refractivity (Wildman–Crippen MR) is 131 cm³/mol. The molecule has 1 atom stereocenters. The third kappa shape index (κ3) is 5.79. The molecule has 5 rings (SSSR count). The number of piperidine rings is 1. The van der Waals surface area contributed by atoms with E-state index in [9.17, 15) is 14.0 Å². The van der Waals surface area contributed by atoms with Gasteiger partial charge in [-0.2, -0.15) is 4.98 Å². The molecule has 0 bridgehead atoms. The Balaban J connectivity index is 1.15. The van der Waals surface area contributed by atoms with Crippen molar-refractivity contribution in [3.05, 3.63) is 71.4 Å². The molecule has 3 aromatic rings. The van der Waals surface area contributed by atoms with Gasteiger partial charge < -0.3 is 14.7 Å². The standard InChI is InChI=1S/C27H30FN5O3/c28-23-11-9-19(10-12-23)26-30-24(36-31-26)18-32-13-3-7-22(16-32)27(35)29-15-20-5-1-2-6-21(20)17-33-14-4-8-25(33)34/h1-2,5-6,9-12,22H,3-4,7-8,13-18H2,(H,29,35). The van der Waals surface area contributed by atoms with E-state index >= 15 is 0 Å². The predicted octanol–water partition coefficient (Wildman–Crippen LogP) is 3.53. The highest BCUT2D eigenvalue weighted by molar-refractivity contribution is 5.79. The molecule has 2 aromatic carbocycles. The van der Waals surface area contributed by atoms with Crippen molar-refractivity contribution in [3.63, 3.8) is 0 Å². The maximum absolute atomic E-state index is 13.2. The van der Waals surface area contributed by atoms with Crippen LogP contribution in [0.2, 0.25) is 0 Å². The first-order valence-corrected chi connectivity index (χ1v) is 12.5. The smallest absolute Gasteiger partial charge is 0.241 e. The Morgan fingerprint density at radius 3 is 2.64 bits per heavy atom. The van der Waals surface area contributed by atoms with E-state index in [1.54, 1.807) is 12.1 Å². The minimum atomic E-state index is -0.315. The van der Waals surface area contributed by atoms with E-state index in [1.807, 2.05) is 29.2 Å². The zero-order valence-electron chi connectivity index (χ0n) is 20.2. The molecule has 1 unspecified atom stereocenters. The van der Waals surface area contributed by atoms with E-state index in [0.29, 0.717) is 49.9 Å². The molecule has 2 fully saturated rings. The van der Waals surface area contributed by atoms with Crippen molar-refractivity contribution >= 4 is 11.8 Å². The molecule has 8 nitrogen and oxygen atoms in total. The Morgan fingerprint density at radius 2 is 1.86 bits per heavy atom. The maximum Gasteiger partial charge on any atom is 0.241 e. The zero-order valence-corrected chi connectivity index (χ0v) is 20.2. The second-order valence-corrected chi connectivity index (χ2v) is 9.50. The fourth-order valence-corrected chi connectivity index (χ4v) is 4.93. The van der Waals surface area contributed by atoms with Gasteiger partial charge in [-0.15, -0.1) is 0 Å². The minimum absolute atomic E-state index is 0.0317. The lowest BCUT2D eigenvalue weighted by Gasteiger charge is -2.31. The molecule has 0 aliphatic carbocycles. The van der Waals surface area contributed by atoms with Gasteiger partial charge in [-0.25, -0.2) is 4.39 Å². The summed E-state index contributed by atoms with van der Waals surface area (Å²) < 4.78 is 18.6. The van der Waals surface area contributed by atoms with Crippen LogP contribution in [0.3, 0.4) is 0 Å². The summed E-state index contributed by atoms with van der Waals surface area (Å²) in [5.74, 6) is 0.689. The van der Waals surface area contributed by atoms with Crippen molar-refractivity contribution < 1.29 is 18.5 Å². The van der Waals surface area contributed by atoms with Crippen LogP contribution >= 0.6 is 0 Å². The van der Waals surface area contributed by atoms with E-state index in [-0.39, 0.29) is 23.5 Å². The molecular weight excluding hydrogens is 461 g/mol. The van der Waals surface area contributed by atoms with Gasteiger partial charge in [0.2, 0.25) is 23.5 Å². The molecule has 0 saturated carbocycles.